The average Bonchev–Trinajstić information content (AvgIpc) is 2.47. The molecule has 5 heteroatoms. The zero-order chi connectivity index (χ0) is 13.7. The number of ether oxygens (including phenoxy) is 1. The van der Waals surface area contributed by atoms with Crippen LogP contribution in [0.2, 0.25) is 0 Å². The molecule has 5 nitrogen and oxygen atoms in total. The highest BCUT2D eigenvalue weighted by Crippen LogP contribution is 2.21. The minimum absolute atomic E-state index is 0.0809. The molecular weight excluding hydrogens is 242 g/mol. The number of amidine groups is 1. The van der Waals surface area contributed by atoms with Gasteiger partial charge in [-0.25, -0.2) is 0 Å². The molecule has 0 aliphatic carbocycles. The summed E-state index contributed by atoms with van der Waals surface area (Å²) in [7, 11) is 1.58. The predicted molar refractivity (Wildman–Crippen MR) is 74.6 cm³/mol. The lowest BCUT2D eigenvalue weighted by atomic mass is 10.1. The highest BCUT2D eigenvalue weighted by Gasteiger charge is 2.13. The molecule has 1 heterocycles. The van der Waals surface area contributed by atoms with E-state index in [0.717, 1.165) is 25.2 Å². The van der Waals surface area contributed by atoms with Gasteiger partial charge in [-0.3, -0.25) is 4.90 Å². The fourth-order valence-corrected chi connectivity index (χ4v) is 2.48. The molecule has 2 rings (SSSR count). The van der Waals surface area contributed by atoms with E-state index in [9.17, 15) is 0 Å². The van der Waals surface area contributed by atoms with E-state index in [1.165, 1.54) is 19.3 Å². The Kier molecular flexibility index (Phi) is 4.63. The van der Waals surface area contributed by atoms with E-state index < -0.39 is 0 Å². The molecule has 0 aromatic heterocycles. The summed E-state index contributed by atoms with van der Waals surface area (Å²) in [5.41, 5.74) is 7.47. The van der Waals surface area contributed by atoms with Gasteiger partial charge in [0.05, 0.1) is 12.7 Å². The number of oxime groups is 1. The van der Waals surface area contributed by atoms with E-state index in [0.29, 0.717) is 11.3 Å². The smallest absolute Gasteiger partial charge is 0.173 e. The summed E-state index contributed by atoms with van der Waals surface area (Å²) in [5, 5.41) is 11.9. The van der Waals surface area contributed by atoms with Crippen molar-refractivity contribution in [2.75, 3.05) is 20.2 Å². The number of nitrogens with two attached hydrogens (primary N) is 1. The monoisotopic (exact) mass is 263 g/mol. The van der Waals surface area contributed by atoms with Crippen LogP contribution in [-0.2, 0) is 6.54 Å². The highest BCUT2D eigenvalue weighted by molar-refractivity contribution is 5.99. The van der Waals surface area contributed by atoms with Crippen LogP contribution in [0.5, 0.6) is 5.75 Å². The number of piperidine rings is 1. The second-order valence-electron chi connectivity index (χ2n) is 4.86. The Morgan fingerprint density at radius 3 is 2.74 bits per heavy atom. The SMILES string of the molecule is COc1ccc(CN2CCCCC2)cc1C(N)=NO. The maximum absolute atomic E-state index is 8.82. The topological polar surface area (TPSA) is 71.1 Å². The van der Waals surface area contributed by atoms with Gasteiger partial charge in [-0.1, -0.05) is 17.6 Å². The highest BCUT2D eigenvalue weighted by atomic mass is 16.5. The molecule has 0 bridgehead atoms. The van der Waals surface area contributed by atoms with Crippen LogP contribution in [0.4, 0.5) is 0 Å². The van der Waals surface area contributed by atoms with Crippen LogP contribution in [0.3, 0.4) is 0 Å². The Hall–Kier alpha value is -1.75. The molecule has 0 atom stereocenters. The fourth-order valence-electron chi connectivity index (χ4n) is 2.48. The Morgan fingerprint density at radius 2 is 2.11 bits per heavy atom. The third kappa shape index (κ3) is 3.38. The molecule has 0 radical (unpaired) electrons. The van der Waals surface area contributed by atoms with Gasteiger partial charge in [0, 0.05) is 6.54 Å². The molecule has 1 aliphatic rings. The van der Waals surface area contributed by atoms with Crippen LogP contribution in [0.1, 0.15) is 30.4 Å². The van der Waals surface area contributed by atoms with Crippen LogP contribution >= 0.6 is 0 Å². The summed E-state index contributed by atoms with van der Waals surface area (Å²) in [5.74, 6) is 0.704. The van der Waals surface area contributed by atoms with Gasteiger partial charge in [0.2, 0.25) is 0 Å². The van der Waals surface area contributed by atoms with Crippen LogP contribution in [0.25, 0.3) is 0 Å². The van der Waals surface area contributed by atoms with Crippen LogP contribution in [0.15, 0.2) is 23.4 Å². The number of methoxy groups -OCH3 is 1. The third-order valence-corrected chi connectivity index (χ3v) is 3.50. The number of hydrogen-bond acceptors (Lipinski definition) is 4. The summed E-state index contributed by atoms with van der Waals surface area (Å²) >= 11 is 0. The Labute approximate surface area is 113 Å². The Balaban J connectivity index is 2.17. The van der Waals surface area contributed by atoms with Crippen molar-refractivity contribution in [1.82, 2.24) is 4.90 Å². The first-order valence-electron chi connectivity index (χ1n) is 6.61. The van der Waals surface area contributed by atoms with Gasteiger partial charge in [-0.05, 0) is 43.6 Å². The van der Waals surface area contributed by atoms with E-state index in [4.69, 9.17) is 15.7 Å². The largest absolute Gasteiger partial charge is 0.496 e. The molecule has 0 unspecified atom stereocenters. The maximum Gasteiger partial charge on any atom is 0.173 e. The molecule has 1 fully saturated rings. The molecule has 1 aromatic rings. The summed E-state index contributed by atoms with van der Waals surface area (Å²) in [4.78, 5) is 2.43. The molecule has 0 amide bonds. The quantitative estimate of drug-likeness (QED) is 0.376. The van der Waals surface area contributed by atoms with Crippen LogP contribution < -0.4 is 10.5 Å². The van der Waals surface area contributed by atoms with Crippen molar-refractivity contribution in [1.29, 1.82) is 0 Å². The van der Waals surface area contributed by atoms with Crippen molar-refractivity contribution < 1.29 is 9.94 Å². The van der Waals surface area contributed by atoms with E-state index in [1.54, 1.807) is 7.11 Å². The van der Waals surface area contributed by atoms with E-state index in [-0.39, 0.29) is 5.84 Å². The Morgan fingerprint density at radius 1 is 1.37 bits per heavy atom. The second-order valence-corrected chi connectivity index (χ2v) is 4.86. The summed E-state index contributed by atoms with van der Waals surface area (Å²) < 4.78 is 5.23. The lowest BCUT2D eigenvalue weighted by molar-refractivity contribution is 0.221. The molecule has 0 saturated carbocycles. The minimum atomic E-state index is 0.0809. The molecule has 1 aliphatic heterocycles. The van der Waals surface area contributed by atoms with Gasteiger partial charge in [0.25, 0.3) is 0 Å². The van der Waals surface area contributed by atoms with Crippen molar-refractivity contribution in [2.24, 2.45) is 10.9 Å². The first-order chi connectivity index (χ1) is 9.24. The van der Waals surface area contributed by atoms with Gasteiger partial charge in [0.15, 0.2) is 5.84 Å². The fraction of sp³-hybridized carbons (Fsp3) is 0.500. The standard InChI is InChI=1S/C14H21N3O2/c1-19-13-6-5-11(9-12(13)14(15)16-18)10-17-7-3-2-4-8-17/h5-6,9,18H,2-4,7-8,10H2,1H3,(H2,15,16). The molecule has 3 N–H and O–H groups in total. The minimum Gasteiger partial charge on any atom is -0.496 e. The zero-order valence-electron chi connectivity index (χ0n) is 11.3. The Bertz CT molecular complexity index is 454. The van der Waals surface area contributed by atoms with E-state index >= 15 is 0 Å². The van der Waals surface area contributed by atoms with Crippen molar-refractivity contribution in [3.8, 4) is 5.75 Å². The van der Waals surface area contributed by atoms with Gasteiger partial charge >= 0.3 is 0 Å². The number of benzene rings is 1. The number of nitrogens with zero attached hydrogens (tertiary/aromatic N) is 2. The molecule has 1 aromatic carbocycles. The number of likely N-dealkylation sites (tertiary alicyclic amines) is 1. The van der Waals surface area contributed by atoms with Gasteiger partial charge in [-0.15, -0.1) is 0 Å². The van der Waals surface area contributed by atoms with Crippen LogP contribution in [-0.4, -0.2) is 36.1 Å². The van der Waals surface area contributed by atoms with E-state index in [1.807, 2.05) is 18.2 Å². The first kappa shape index (κ1) is 13.7. The predicted octanol–water partition coefficient (Wildman–Crippen LogP) is 1.78. The third-order valence-electron chi connectivity index (χ3n) is 3.50. The van der Waals surface area contributed by atoms with Gasteiger partial charge in [-0.2, -0.15) is 0 Å². The van der Waals surface area contributed by atoms with Gasteiger partial charge < -0.3 is 15.7 Å². The number of rotatable bonds is 4. The maximum atomic E-state index is 8.82. The van der Waals surface area contributed by atoms with Crippen LogP contribution in [0, 0.1) is 0 Å². The van der Waals surface area contributed by atoms with Crippen molar-refractivity contribution in [2.45, 2.75) is 25.8 Å². The van der Waals surface area contributed by atoms with Crippen molar-refractivity contribution in [3.63, 3.8) is 0 Å². The first-order valence-corrected chi connectivity index (χ1v) is 6.61. The lowest BCUT2D eigenvalue weighted by Crippen LogP contribution is -2.29. The van der Waals surface area contributed by atoms with Gasteiger partial charge in [0.1, 0.15) is 5.75 Å². The van der Waals surface area contributed by atoms with E-state index in [2.05, 4.69) is 10.1 Å². The average molecular weight is 263 g/mol. The summed E-state index contributed by atoms with van der Waals surface area (Å²) in [6.45, 7) is 3.19. The normalized spacial score (nSPS) is 17.4. The summed E-state index contributed by atoms with van der Waals surface area (Å²) in [6, 6.07) is 5.83. The molecule has 1 saturated heterocycles. The summed E-state index contributed by atoms with van der Waals surface area (Å²) in [6.07, 6.45) is 3.86. The second kappa shape index (κ2) is 6.43. The molecule has 0 spiro atoms. The lowest BCUT2D eigenvalue weighted by Gasteiger charge is -2.26. The van der Waals surface area contributed by atoms with Crippen molar-refractivity contribution >= 4 is 5.84 Å². The number of hydrogen-bond donors (Lipinski definition) is 2. The zero-order valence-corrected chi connectivity index (χ0v) is 11.3. The molecular formula is C14H21N3O2. The molecule has 104 valence electrons. The molecule has 19 heavy (non-hydrogen) atoms. The van der Waals surface area contributed by atoms with Crippen molar-refractivity contribution in [3.05, 3.63) is 29.3 Å².